The summed E-state index contributed by atoms with van der Waals surface area (Å²) in [5.41, 5.74) is 1.12. The number of aromatic nitrogens is 1. The Morgan fingerprint density at radius 3 is 2.25 bits per heavy atom. The zero-order chi connectivity index (χ0) is 17.9. The molecule has 2 N–H and O–H groups in total. The Bertz CT molecular complexity index is 781. The second-order valence-corrected chi connectivity index (χ2v) is 5.45. The van der Waals surface area contributed by atoms with E-state index in [9.17, 15) is 19.8 Å². The molecule has 0 spiro atoms. The van der Waals surface area contributed by atoms with Crippen LogP contribution in [-0.2, 0) is 12.8 Å². The van der Waals surface area contributed by atoms with Crippen LogP contribution in [0.25, 0.3) is 0 Å². The topological polar surface area (TPSA) is 96.7 Å². The summed E-state index contributed by atoms with van der Waals surface area (Å²) >= 11 is 0. The van der Waals surface area contributed by atoms with Gasteiger partial charge in [0.15, 0.2) is 5.78 Å². The fraction of sp³-hybridized carbons (Fsp3) is 0.278. The van der Waals surface area contributed by atoms with Gasteiger partial charge in [0.1, 0.15) is 11.5 Å². The number of methoxy groups -OCH3 is 1. The molecule has 0 radical (unpaired) electrons. The molecule has 2 rings (SSSR count). The number of nitrogens with zero attached hydrogens (tertiary/aromatic N) is 1. The first-order chi connectivity index (χ1) is 11.3. The monoisotopic (exact) mass is 329 g/mol. The Morgan fingerprint density at radius 2 is 1.75 bits per heavy atom. The van der Waals surface area contributed by atoms with E-state index in [1.54, 1.807) is 14.0 Å². The van der Waals surface area contributed by atoms with Crippen LogP contribution in [0.1, 0.15) is 44.6 Å². The van der Waals surface area contributed by atoms with Gasteiger partial charge in [-0.3, -0.25) is 9.78 Å². The number of pyridine rings is 1. The van der Waals surface area contributed by atoms with E-state index in [0.29, 0.717) is 18.5 Å². The molecule has 24 heavy (non-hydrogen) atoms. The Balaban J connectivity index is 2.38. The maximum Gasteiger partial charge on any atom is 0.338 e. The summed E-state index contributed by atoms with van der Waals surface area (Å²) in [6.07, 6.45) is 0.897. The van der Waals surface area contributed by atoms with E-state index in [2.05, 4.69) is 4.98 Å². The van der Waals surface area contributed by atoms with E-state index in [1.165, 1.54) is 6.92 Å². The fourth-order valence-corrected chi connectivity index (χ4v) is 2.56. The molecule has 1 heterocycles. The lowest BCUT2D eigenvalue weighted by molar-refractivity contribution is 0.0689. The van der Waals surface area contributed by atoms with Gasteiger partial charge in [-0.05, 0) is 44.4 Å². The number of hydrogen-bond donors (Lipinski definition) is 2. The standard InChI is InChI=1S/C18H19NO5/c1-10-17(21)15(11(2)20)16(18(22)23)14(19-10)9-6-12-4-7-13(24-3)8-5-12/h4-5,7-8,21H,6,9H2,1-3H3,(H,22,23). The highest BCUT2D eigenvalue weighted by Crippen LogP contribution is 2.28. The van der Waals surface area contributed by atoms with Crippen LogP contribution in [0.15, 0.2) is 24.3 Å². The average molecular weight is 329 g/mol. The fourth-order valence-electron chi connectivity index (χ4n) is 2.56. The predicted octanol–water partition coefficient (Wildman–Crippen LogP) is 2.79. The van der Waals surface area contributed by atoms with Crippen molar-refractivity contribution in [2.24, 2.45) is 0 Å². The van der Waals surface area contributed by atoms with Crippen LogP contribution < -0.4 is 4.74 Å². The Morgan fingerprint density at radius 1 is 1.12 bits per heavy atom. The van der Waals surface area contributed by atoms with Crippen molar-refractivity contribution in [3.05, 3.63) is 52.3 Å². The molecule has 2 aromatic rings. The Labute approximate surface area is 139 Å². The first kappa shape index (κ1) is 17.5. The molecule has 0 fully saturated rings. The molecular formula is C18H19NO5. The molecule has 0 aliphatic carbocycles. The largest absolute Gasteiger partial charge is 0.505 e. The molecule has 126 valence electrons. The summed E-state index contributed by atoms with van der Waals surface area (Å²) in [7, 11) is 1.58. The van der Waals surface area contributed by atoms with E-state index >= 15 is 0 Å². The van der Waals surface area contributed by atoms with E-state index in [-0.39, 0.29) is 22.6 Å². The third kappa shape index (κ3) is 3.53. The van der Waals surface area contributed by atoms with E-state index in [0.717, 1.165) is 11.3 Å². The highest BCUT2D eigenvalue weighted by atomic mass is 16.5. The van der Waals surface area contributed by atoms with Crippen LogP contribution in [0, 0.1) is 6.92 Å². The van der Waals surface area contributed by atoms with Crippen LogP contribution in [0.5, 0.6) is 11.5 Å². The van der Waals surface area contributed by atoms with Gasteiger partial charge >= 0.3 is 5.97 Å². The Kier molecular flexibility index (Phi) is 5.18. The smallest absolute Gasteiger partial charge is 0.338 e. The molecule has 0 amide bonds. The predicted molar refractivity (Wildman–Crippen MR) is 88.0 cm³/mol. The van der Waals surface area contributed by atoms with Crippen molar-refractivity contribution in [3.8, 4) is 11.5 Å². The van der Waals surface area contributed by atoms with Crippen molar-refractivity contribution in [2.75, 3.05) is 7.11 Å². The highest BCUT2D eigenvalue weighted by molar-refractivity contribution is 6.07. The highest BCUT2D eigenvalue weighted by Gasteiger charge is 2.25. The lowest BCUT2D eigenvalue weighted by Crippen LogP contribution is -2.14. The van der Waals surface area contributed by atoms with Gasteiger partial charge in [-0.25, -0.2) is 4.79 Å². The van der Waals surface area contributed by atoms with E-state index in [1.807, 2.05) is 24.3 Å². The van der Waals surface area contributed by atoms with Crippen molar-refractivity contribution in [1.29, 1.82) is 0 Å². The molecule has 6 heteroatoms. The number of aromatic carboxylic acids is 1. The van der Waals surface area contributed by atoms with Gasteiger partial charge in [-0.1, -0.05) is 12.1 Å². The summed E-state index contributed by atoms with van der Waals surface area (Å²) < 4.78 is 5.10. The average Bonchev–Trinajstić information content (AvgIpc) is 2.55. The maximum atomic E-state index is 11.8. The zero-order valence-electron chi connectivity index (χ0n) is 13.8. The van der Waals surface area contributed by atoms with Crippen molar-refractivity contribution in [3.63, 3.8) is 0 Å². The Hall–Kier alpha value is -2.89. The maximum absolute atomic E-state index is 11.8. The minimum absolute atomic E-state index is 0.181. The first-order valence-corrected chi connectivity index (χ1v) is 7.44. The van der Waals surface area contributed by atoms with Crippen molar-refractivity contribution >= 4 is 11.8 Å². The van der Waals surface area contributed by atoms with E-state index in [4.69, 9.17) is 4.74 Å². The van der Waals surface area contributed by atoms with Gasteiger partial charge in [-0.2, -0.15) is 0 Å². The molecule has 1 aromatic carbocycles. The normalized spacial score (nSPS) is 10.5. The molecule has 0 aliphatic rings. The number of Topliss-reactive ketones (excluding diaryl/α,β-unsaturated/α-hetero) is 1. The van der Waals surface area contributed by atoms with Gasteiger partial charge in [-0.15, -0.1) is 0 Å². The van der Waals surface area contributed by atoms with Crippen LogP contribution in [0.4, 0.5) is 0 Å². The van der Waals surface area contributed by atoms with Crippen LogP contribution in [0.2, 0.25) is 0 Å². The summed E-state index contributed by atoms with van der Waals surface area (Å²) in [5, 5.41) is 19.5. The van der Waals surface area contributed by atoms with Crippen molar-refractivity contribution < 1.29 is 24.5 Å². The number of benzene rings is 1. The summed E-state index contributed by atoms with van der Waals surface area (Å²) in [6, 6.07) is 7.42. The number of ether oxygens (including phenoxy) is 1. The minimum Gasteiger partial charge on any atom is -0.505 e. The number of carbonyl (C=O) groups excluding carboxylic acids is 1. The van der Waals surface area contributed by atoms with Gasteiger partial charge in [0.2, 0.25) is 0 Å². The number of carboxylic acids is 1. The second-order valence-electron chi connectivity index (χ2n) is 5.45. The summed E-state index contributed by atoms with van der Waals surface area (Å²) in [6.45, 7) is 2.78. The van der Waals surface area contributed by atoms with Gasteiger partial charge in [0, 0.05) is 0 Å². The minimum atomic E-state index is -1.27. The quantitative estimate of drug-likeness (QED) is 0.791. The van der Waals surface area contributed by atoms with Crippen molar-refractivity contribution in [2.45, 2.75) is 26.7 Å². The molecule has 0 saturated heterocycles. The van der Waals surface area contributed by atoms with Gasteiger partial charge < -0.3 is 14.9 Å². The molecule has 0 saturated carbocycles. The van der Waals surface area contributed by atoms with Crippen LogP contribution >= 0.6 is 0 Å². The summed E-state index contributed by atoms with van der Waals surface area (Å²) in [5.74, 6) is -1.40. The lowest BCUT2D eigenvalue weighted by atomic mass is 9.97. The third-order valence-electron chi connectivity index (χ3n) is 3.80. The molecule has 0 aliphatic heterocycles. The number of carboxylic acid groups (broad SMARTS) is 1. The molecule has 0 bridgehead atoms. The SMILES string of the molecule is COc1ccc(CCc2nc(C)c(O)c(C(C)=O)c2C(=O)O)cc1. The zero-order valence-corrected chi connectivity index (χ0v) is 13.8. The number of ketones is 1. The molecular weight excluding hydrogens is 310 g/mol. The molecule has 0 unspecified atom stereocenters. The number of aryl methyl sites for hydroxylation is 3. The van der Waals surface area contributed by atoms with Crippen LogP contribution in [-0.4, -0.2) is 34.1 Å². The summed E-state index contributed by atoms with van der Waals surface area (Å²) in [4.78, 5) is 27.5. The lowest BCUT2D eigenvalue weighted by Gasteiger charge is -2.13. The van der Waals surface area contributed by atoms with E-state index < -0.39 is 11.8 Å². The number of carbonyl (C=O) groups is 2. The number of rotatable bonds is 6. The molecule has 6 nitrogen and oxygen atoms in total. The van der Waals surface area contributed by atoms with Crippen molar-refractivity contribution in [1.82, 2.24) is 4.98 Å². The molecule has 0 atom stereocenters. The van der Waals surface area contributed by atoms with Gasteiger partial charge in [0.05, 0.1) is 29.6 Å². The van der Waals surface area contributed by atoms with Gasteiger partial charge in [0.25, 0.3) is 0 Å². The third-order valence-corrected chi connectivity index (χ3v) is 3.80. The van der Waals surface area contributed by atoms with Crippen LogP contribution in [0.3, 0.4) is 0 Å². The molecule has 1 aromatic heterocycles. The first-order valence-electron chi connectivity index (χ1n) is 7.44. The second kappa shape index (κ2) is 7.12. The number of aromatic hydroxyl groups is 1. The number of hydrogen-bond acceptors (Lipinski definition) is 5.